The number of carbonyl (C=O) groups excluding carboxylic acids is 1. The molecule has 0 radical (unpaired) electrons. The number of halogens is 6. The molecule has 1 unspecified atom stereocenters. The van der Waals surface area contributed by atoms with Crippen LogP contribution in [0, 0.1) is 5.95 Å². The van der Waals surface area contributed by atoms with Crippen LogP contribution in [0.4, 0.5) is 42.5 Å². The lowest BCUT2D eigenvalue weighted by atomic mass is 9.88. The van der Waals surface area contributed by atoms with Gasteiger partial charge >= 0.3 is 12.2 Å². The molecule has 16 heteroatoms. The summed E-state index contributed by atoms with van der Waals surface area (Å²) in [5.74, 6) is -1.33. The summed E-state index contributed by atoms with van der Waals surface area (Å²) in [5, 5.41) is 13.2. The molecule has 5 heterocycles. The van der Waals surface area contributed by atoms with E-state index >= 15 is 0 Å². The number of alkyl halides is 5. The highest BCUT2D eigenvalue weighted by molar-refractivity contribution is 6.03. The van der Waals surface area contributed by atoms with E-state index in [9.17, 15) is 31.1 Å². The van der Waals surface area contributed by atoms with Gasteiger partial charge in [-0.2, -0.15) is 27.8 Å². The van der Waals surface area contributed by atoms with Crippen LogP contribution in [0.1, 0.15) is 24.6 Å². The van der Waals surface area contributed by atoms with Crippen molar-refractivity contribution in [3.05, 3.63) is 54.1 Å². The largest absolute Gasteiger partial charge is 0.401 e. The Hall–Kier alpha value is -4.24. The van der Waals surface area contributed by atoms with Gasteiger partial charge in [0.25, 0.3) is 6.43 Å². The molecule has 0 aliphatic carbocycles. The van der Waals surface area contributed by atoms with Crippen LogP contribution in [0.5, 0.6) is 0 Å². The van der Waals surface area contributed by atoms with E-state index in [0.29, 0.717) is 4.52 Å². The molecule has 2 amide bonds. The van der Waals surface area contributed by atoms with Gasteiger partial charge in [0.15, 0.2) is 11.5 Å². The third-order valence-corrected chi connectivity index (χ3v) is 5.58. The van der Waals surface area contributed by atoms with Gasteiger partial charge in [0.1, 0.15) is 5.41 Å². The summed E-state index contributed by atoms with van der Waals surface area (Å²) in [6.45, 7) is -0.0369. The molecule has 0 bridgehead atoms. The molecule has 0 saturated carbocycles. The second-order valence-electron chi connectivity index (χ2n) is 7.83. The first-order chi connectivity index (χ1) is 16.5. The maximum atomic E-state index is 14.1. The molecule has 0 spiro atoms. The average Bonchev–Trinajstić information content (AvgIpc) is 3.50. The maximum Gasteiger partial charge on any atom is 0.401 e. The fraction of sp³-hybridized carbons (Fsp3) is 0.263. The predicted octanol–water partition coefficient (Wildman–Crippen LogP) is 3.65. The van der Waals surface area contributed by atoms with Crippen LogP contribution in [0.2, 0.25) is 0 Å². The molecule has 1 aliphatic rings. The number of urea groups is 1. The normalized spacial score (nSPS) is 17.9. The molecule has 0 aromatic carbocycles. The fourth-order valence-corrected chi connectivity index (χ4v) is 3.88. The van der Waals surface area contributed by atoms with E-state index in [1.807, 2.05) is 0 Å². The third-order valence-electron chi connectivity index (χ3n) is 5.58. The smallest absolute Gasteiger partial charge is 0.306 e. The van der Waals surface area contributed by atoms with Crippen LogP contribution in [0.15, 0.2) is 36.9 Å². The molecular weight excluding hydrogens is 484 g/mol. The Morgan fingerprint density at radius 2 is 1.86 bits per heavy atom. The van der Waals surface area contributed by atoms with Crippen molar-refractivity contribution in [2.75, 3.05) is 16.8 Å². The second-order valence-corrected chi connectivity index (χ2v) is 7.83. The molecule has 1 aliphatic heterocycles. The lowest BCUT2D eigenvalue weighted by molar-refractivity contribution is -0.181. The first-order valence-corrected chi connectivity index (χ1v) is 9.84. The summed E-state index contributed by atoms with van der Waals surface area (Å²) in [6.07, 6.45) is -3.33. The molecule has 0 saturated heterocycles. The maximum absolute atomic E-state index is 14.1. The quantitative estimate of drug-likeness (QED) is 0.433. The number of aromatic nitrogens is 7. The molecule has 182 valence electrons. The van der Waals surface area contributed by atoms with Crippen molar-refractivity contribution in [3.63, 3.8) is 0 Å². The predicted molar refractivity (Wildman–Crippen MR) is 107 cm³/mol. The van der Waals surface area contributed by atoms with Crippen LogP contribution in [-0.4, -0.2) is 53.3 Å². The van der Waals surface area contributed by atoms with Crippen LogP contribution < -0.4 is 10.2 Å². The first-order valence-electron chi connectivity index (χ1n) is 9.84. The van der Waals surface area contributed by atoms with Crippen molar-refractivity contribution < 1.29 is 31.1 Å². The van der Waals surface area contributed by atoms with E-state index < -0.39 is 47.8 Å². The van der Waals surface area contributed by atoms with E-state index in [4.69, 9.17) is 0 Å². The number of anilines is 2. The topological polar surface area (TPSA) is 106 Å². The fourth-order valence-electron chi connectivity index (χ4n) is 3.88. The lowest BCUT2D eigenvalue weighted by Gasteiger charge is -2.28. The van der Waals surface area contributed by atoms with Crippen molar-refractivity contribution in [3.8, 4) is 5.82 Å². The van der Waals surface area contributed by atoms with Gasteiger partial charge in [-0.25, -0.2) is 28.1 Å². The SMILES string of the molecule is CC1(C(F)(F)F)CN(C(=O)Nc2cnc(-n3nccn3)c(C(F)F)c2)c2cnc3cc(F)nn3c21. The summed E-state index contributed by atoms with van der Waals surface area (Å²) in [7, 11) is 0. The number of carbonyl (C=O) groups is 1. The van der Waals surface area contributed by atoms with Crippen LogP contribution >= 0.6 is 0 Å². The van der Waals surface area contributed by atoms with Crippen molar-refractivity contribution in [1.82, 2.24) is 34.6 Å². The van der Waals surface area contributed by atoms with Gasteiger partial charge in [0.2, 0.25) is 5.95 Å². The Morgan fingerprint density at radius 3 is 2.51 bits per heavy atom. The molecule has 4 aromatic heterocycles. The zero-order valence-electron chi connectivity index (χ0n) is 17.5. The number of pyridine rings is 1. The Labute approximate surface area is 191 Å². The summed E-state index contributed by atoms with van der Waals surface area (Å²) < 4.78 is 84.0. The van der Waals surface area contributed by atoms with E-state index in [1.54, 1.807) is 0 Å². The summed E-state index contributed by atoms with van der Waals surface area (Å²) in [4.78, 5) is 22.3. The van der Waals surface area contributed by atoms with Crippen molar-refractivity contribution >= 4 is 23.1 Å². The van der Waals surface area contributed by atoms with Gasteiger partial charge < -0.3 is 5.32 Å². The van der Waals surface area contributed by atoms with Gasteiger partial charge in [-0.05, 0) is 13.0 Å². The second kappa shape index (κ2) is 7.64. The molecule has 10 nitrogen and oxygen atoms in total. The molecule has 5 rings (SSSR count). The van der Waals surface area contributed by atoms with E-state index in [2.05, 4.69) is 30.6 Å². The lowest BCUT2D eigenvalue weighted by Crippen LogP contribution is -2.46. The number of nitrogens with one attached hydrogen (secondary N) is 1. The highest BCUT2D eigenvalue weighted by Gasteiger charge is 2.60. The Kier molecular flexibility index (Phi) is 4.92. The summed E-state index contributed by atoms with van der Waals surface area (Å²) >= 11 is 0. The highest BCUT2D eigenvalue weighted by atomic mass is 19.4. The Balaban J connectivity index is 1.53. The number of nitrogens with zero attached hydrogens (tertiary/aromatic N) is 8. The average molecular weight is 497 g/mol. The number of fused-ring (bicyclic) bond motifs is 3. The zero-order chi connectivity index (χ0) is 25.1. The molecule has 1 atom stereocenters. The van der Waals surface area contributed by atoms with Gasteiger partial charge in [-0.15, -0.1) is 9.90 Å². The molecule has 0 fully saturated rings. The van der Waals surface area contributed by atoms with Gasteiger partial charge in [0.05, 0.1) is 47.4 Å². The van der Waals surface area contributed by atoms with E-state index in [1.165, 1.54) is 12.4 Å². The highest BCUT2D eigenvalue weighted by Crippen LogP contribution is 2.49. The minimum atomic E-state index is -4.85. The van der Waals surface area contributed by atoms with Crippen LogP contribution in [0.25, 0.3) is 11.5 Å². The minimum absolute atomic E-state index is 0.174. The molecule has 35 heavy (non-hydrogen) atoms. The van der Waals surface area contributed by atoms with Crippen molar-refractivity contribution in [2.24, 2.45) is 0 Å². The molecular formula is C19H13F6N9O. The summed E-state index contributed by atoms with van der Waals surface area (Å²) in [6, 6.07) is 0.700. The summed E-state index contributed by atoms with van der Waals surface area (Å²) in [5.41, 5.74) is -4.37. The number of rotatable bonds is 3. The first kappa shape index (κ1) is 22.5. The molecule has 1 N–H and O–H groups in total. The number of hydrogen-bond donors (Lipinski definition) is 1. The van der Waals surface area contributed by atoms with Crippen LogP contribution in [-0.2, 0) is 5.41 Å². The third kappa shape index (κ3) is 3.52. The monoisotopic (exact) mass is 497 g/mol. The van der Waals surface area contributed by atoms with Crippen LogP contribution in [0.3, 0.4) is 0 Å². The number of amides is 2. The number of hydrogen-bond acceptors (Lipinski definition) is 6. The van der Waals surface area contributed by atoms with E-state index in [0.717, 1.165) is 41.1 Å². The van der Waals surface area contributed by atoms with Crippen molar-refractivity contribution in [2.45, 2.75) is 24.9 Å². The standard InChI is InChI=1S/C19H13F6N9O/c1-18(19(23,24)25)8-32(11-7-26-13-5-12(20)31-33(13)14(11)18)17(35)30-9-4-10(15(21)22)16(27-6-9)34-28-2-3-29-34/h2-7,15H,8H2,1H3,(H,30,35). The Morgan fingerprint density at radius 1 is 1.14 bits per heavy atom. The van der Waals surface area contributed by atoms with Gasteiger partial charge in [0, 0.05) is 12.6 Å². The minimum Gasteiger partial charge on any atom is -0.306 e. The van der Waals surface area contributed by atoms with Gasteiger partial charge in [-0.3, -0.25) is 4.90 Å². The van der Waals surface area contributed by atoms with Gasteiger partial charge in [-0.1, -0.05) is 0 Å². The van der Waals surface area contributed by atoms with Crippen molar-refractivity contribution in [1.29, 1.82) is 0 Å². The Bertz CT molecular complexity index is 1430. The zero-order valence-corrected chi connectivity index (χ0v) is 17.5. The van der Waals surface area contributed by atoms with E-state index in [-0.39, 0.29) is 22.8 Å². The molecule has 4 aromatic rings.